The summed E-state index contributed by atoms with van der Waals surface area (Å²) in [7, 11) is 1.62. The van der Waals surface area contributed by atoms with Gasteiger partial charge >= 0.3 is 0 Å². The summed E-state index contributed by atoms with van der Waals surface area (Å²) in [4.78, 5) is 3.42. The molecule has 0 unspecified atom stereocenters. The Morgan fingerprint density at radius 2 is 1.55 bits per heavy atom. The number of fused-ring (bicyclic) bond motifs is 3. The molecule has 0 bridgehead atoms. The third kappa shape index (κ3) is 5.10. The Morgan fingerprint density at radius 3 is 2.42 bits per heavy atom. The van der Waals surface area contributed by atoms with Crippen LogP contribution in [-0.2, 0) is 0 Å². The van der Waals surface area contributed by atoms with Crippen LogP contribution in [0.4, 0.5) is 0 Å². The number of H-pyrrole nitrogens is 1. The minimum absolute atomic E-state index is 0.444. The Balaban J connectivity index is 1.21. The van der Waals surface area contributed by atoms with E-state index in [2.05, 4.69) is 22.4 Å². The second kappa shape index (κ2) is 10.2. The van der Waals surface area contributed by atoms with E-state index in [1.54, 1.807) is 7.11 Å². The summed E-state index contributed by atoms with van der Waals surface area (Å²) < 4.78 is 17.0. The van der Waals surface area contributed by atoms with Crippen LogP contribution in [-0.4, -0.2) is 49.6 Å². The molecule has 0 aliphatic carbocycles. The fourth-order valence-corrected chi connectivity index (χ4v) is 3.64. The number of methoxy groups -OCH3 is 1. The minimum atomic E-state index is -0.492. The molecule has 6 heteroatoms. The first-order chi connectivity index (χ1) is 15.3. The van der Waals surface area contributed by atoms with Crippen molar-refractivity contribution in [3.05, 3.63) is 66.7 Å². The van der Waals surface area contributed by atoms with Crippen molar-refractivity contribution < 1.29 is 19.3 Å². The Kier molecular flexibility index (Phi) is 6.92. The lowest BCUT2D eigenvalue weighted by molar-refractivity contribution is 0.136. The van der Waals surface area contributed by atoms with E-state index in [0.717, 1.165) is 27.6 Å². The highest BCUT2D eigenvalue weighted by molar-refractivity contribution is 6.10. The summed E-state index contributed by atoms with van der Waals surface area (Å²) in [5.74, 6) is 2.26. The first kappa shape index (κ1) is 21.0. The number of aromatic nitrogens is 1. The van der Waals surface area contributed by atoms with Crippen LogP contribution in [0.5, 0.6) is 17.2 Å². The van der Waals surface area contributed by atoms with Crippen molar-refractivity contribution in [3.63, 3.8) is 0 Å². The third-order valence-electron chi connectivity index (χ3n) is 5.19. The molecular formula is C25H28N2O4. The van der Waals surface area contributed by atoms with Crippen LogP contribution in [0.2, 0.25) is 0 Å². The quantitative estimate of drug-likeness (QED) is 0.318. The molecule has 0 saturated heterocycles. The van der Waals surface area contributed by atoms with Crippen molar-refractivity contribution in [2.24, 2.45) is 0 Å². The highest BCUT2D eigenvalue weighted by Gasteiger charge is 2.10. The molecule has 3 aromatic carbocycles. The molecule has 1 atom stereocenters. The van der Waals surface area contributed by atoms with E-state index in [1.165, 1.54) is 0 Å². The van der Waals surface area contributed by atoms with E-state index in [4.69, 9.17) is 14.2 Å². The Bertz CT molecular complexity index is 1120. The molecule has 1 aromatic heterocycles. The summed E-state index contributed by atoms with van der Waals surface area (Å²) in [6.45, 7) is 2.05. The number of benzene rings is 3. The number of ether oxygens (including phenoxy) is 3. The number of rotatable bonds is 11. The SMILES string of the molecule is COc1ccccc1OCCNC[C@H](O)CCOc1cccc2[nH]c3ccccc3c12. The largest absolute Gasteiger partial charge is 0.493 e. The number of nitrogens with one attached hydrogen (secondary N) is 2. The highest BCUT2D eigenvalue weighted by Crippen LogP contribution is 2.33. The molecule has 4 aromatic rings. The van der Waals surface area contributed by atoms with Crippen molar-refractivity contribution in [3.8, 4) is 17.2 Å². The van der Waals surface area contributed by atoms with Crippen molar-refractivity contribution in [2.45, 2.75) is 12.5 Å². The predicted molar refractivity (Wildman–Crippen MR) is 123 cm³/mol. The summed E-state index contributed by atoms with van der Waals surface area (Å²) in [6.07, 6.45) is 0.0486. The van der Waals surface area contributed by atoms with E-state index < -0.39 is 6.10 Å². The molecular weight excluding hydrogens is 392 g/mol. The first-order valence-electron chi connectivity index (χ1n) is 10.5. The molecule has 0 spiro atoms. The fourth-order valence-electron chi connectivity index (χ4n) is 3.64. The summed E-state index contributed by atoms with van der Waals surface area (Å²) in [6, 6.07) is 21.8. The van der Waals surface area contributed by atoms with E-state index in [9.17, 15) is 5.11 Å². The van der Waals surface area contributed by atoms with E-state index in [-0.39, 0.29) is 0 Å². The zero-order valence-electron chi connectivity index (χ0n) is 17.6. The van der Waals surface area contributed by atoms with Gasteiger partial charge in [-0.3, -0.25) is 0 Å². The zero-order valence-corrected chi connectivity index (χ0v) is 17.6. The monoisotopic (exact) mass is 420 g/mol. The van der Waals surface area contributed by atoms with Gasteiger partial charge in [0, 0.05) is 35.8 Å². The van der Waals surface area contributed by atoms with Crippen LogP contribution < -0.4 is 19.5 Å². The maximum absolute atomic E-state index is 10.3. The first-order valence-corrected chi connectivity index (χ1v) is 10.5. The van der Waals surface area contributed by atoms with Crippen molar-refractivity contribution in [2.75, 3.05) is 33.4 Å². The second-order valence-electron chi connectivity index (χ2n) is 7.34. The van der Waals surface area contributed by atoms with Gasteiger partial charge in [0.15, 0.2) is 11.5 Å². The summed E-state index contributed by atoms with van der Waals surface area (Å²) in [5, 5.41) is 15.7. The Morgan fingerprint density at radius 1 is 0.839 bits per heavy atom. The highest BCUT2D eigenvalue weighted by atomic mass is 16.5. The maximum Gasteiger partial charge on any atom is 0.161 e. The van der Waals surface area contributed by atoms with Gasteiger partial charge < -0.3 is 29.6 Å². The fraction of sp³-hybridized carbons (Fsp3) is 0.280. The predicted octanol–water partition coefficient (Wildman–Crippen LogP) is 4.13. The topological polar surface area (TPSA) is 75.7 Å². The lowest BCUT2D eigenvalue weighted by Crippen LogP contribution is -2.31. The number of hydrogen-bond donors (Lipinski definition) is 3. The molecule has 0 aliphatic heterocycles. The molecule has 0 saturated carbocycles. The number of hydrogen-bond acceptors (Lipinski definition) is 5. The average Bonchev–Trinajstić information content (AvgIpc) is 3.18. The molecule has 31 heavy (non-hydrogen) atoms. The van der Waals surface area contributed by atoms with Crippen LogP contribution in [0, 0.1) is 0 Å². The number of aliphatic hydroxyl groups is 1. The van der Waals surface area contributed by atoms with Gasteiger partial charge in [-0.2, -0.15) is 0 Å². The smallest absolute Gasteiger partial charge is 0.161 e. The molecule has 1 heterocycles. The zero-order chi connectivity index (χ0) is 21.5. The van der Waals surface area contributed by atoms with Crippen molar-refractivity contribution >= 4 is 21.8 Å². The summed E-state index contributed by atoms with van der Waals surface area (Å²) >= 11 is 0. The van der Waals surface area contributed by atoms with Crippen LogP contribution in [0.15, 0.2) is 66.7 Å². The van der Waals surface area contributed by atoms with Gasteiger partial charge in [-0.05, 0) is 30.3 Å². The lowest BCUT2D eigenvalue weighted by Gasteiger charge is -2.14. The van der Waals surface area contributed by atoms with Crippen LogP contribution in [0.1, 0.15) is 6.42 Å². The van der Waals surface area contributed by atoms with Crippen molar-refractivity contribution in [1.29, 1.82) is 0 Å². The van der Waals surface area contributed by atoms with Gasteiger partial charge in [0.25, 0.3) is 0 Å². The van der Waals surface area contributed by atoms with E-state index >= 15 is 0 Å². The summed E-state index contributed by atoms with van der Waals surface area (Å²) in [5.41, 5.74) is 2.14. The average molecular weight is 421 g/mol. The molecule has 4 rings (SSSR count). The number of para-hydroxylation sites is 3. The molecule has 3 N–H and O–H groups in total. The Hall–Kier alpha value is -3.22. The van der Waals surface area contributed by atoms with Crippen LogP contribution >= 0.6 is 0 Å². The van der Waals surface area contributed by atoms with Crippen LogP contribution in [0.25, 0.3) is 21.8 Å². The lowest BCUT2D eigenvalue weighted by atomic mass is 10.1. The van der Waals surface area contributed by atoms with Crippen molar-refractivity contribution in [1.82, 2.24) is 10.3 Å². The van der Waals surface area contributed by atoms with Gasteiger partial charge in [0.05, 0.1) is 25.3 Å². The molecule has 0 amide bonds. The number of aliphatic hydroxyl groups excluding tert-OH is 1. The van der Waals surface area contributed by atoms with Crippen LogP contribution in [0.3, 0.4) is 0 Å². The van der Waals surface area contributed by atoms with E-state index in [1.807, 2.05) is 54.6 Å². The number of aromatic amines is 1. The Labute approximate surface area is 181 Å². The van der Waals surface area contributed by atoms with Gasteiger partial charge in [0.2, 0.25) is 0 Å². The molecule has 0 radical (unpaired) electrons. The van der Waals surface area contributed by atoms with Gasteiger partial charge in [-0.1, -0.05) is 36.4 Å². The third-order valence-corrected chi connectivity index (χ3v) is 5.19. The van der Waals surface area contributed by atoms with Gasteiger partial charge in [0.1, 0.15) is 12.4 Å². The van der Waals surface area contributed by atoms with Gasteiger partial charge in [-0.25, -0.2) is 0 Å². The standard InChI is InChI=1S/C25H28N2O4/c1-29-22-10-4-5-11-23(22)31-16-14-26-17-18(28)13-15-30-24-12-6-9-21-25(24)19-7-2-3-8-20(19)27-21/h2-12,18,26-28H,13-17H2,1H3/t18-/m1/s1. The maximum atomic E-state index is 10.3. The second-order valence-corrected chi connectivity index (χ2v) is 7.34. The molecule has 0 aliphatic rings. The molecule has 0 fully saturated rings. The molecule has 162 valence electrons. The normalized spacial score (nSPS) is 12.2. The minimum Gasteiger partial charge on any atom is -0.493 e. The molecule has 6 nitrogen and oxygen atoms in total. The van der Waals surface area contributed by atoms with E-state index in [0.29, 0.717) is 44.2 Å². The van der Waals surface area contributed by atoms with Gasteiger partial charge in [-0.15, -0.1) is 0 Å².